The summed E-state index contributed by atoms with van der Waals surface area (Å²) >= 11 is 0.882. The average molecular weight is 431 g/mol. The highest BCUT2D eigenvalue weighted by Crippen LogP contribution is 2.23. The van der Waals surface area contributed by atoms with Gasteiger partial charge < -0.3 is 19.5 Å². The van der Waals surface area contributed by atoms with Crippen molar-refractivity contribution in [3.05, 3.63) is 23.1 Å². The molecule has 2 rings (SSSR count). The fraction of sp³-hybridized carbons (Fsp3) is 0.286. The molecule has 14 heteroatoms. The van der Waals surface area contributed by atoms with Gasteiger partial charge in [-0.15, -0.1) is 11.3 Å². The first-order valence-corrected chi connectivity index (χ1v) is 9.84. The van der Waals surface area contributed by atoms with E-state index in [0.29, 0.717) is 0 Å². The molecule has 2 heterocycles. The molecule has 0 aliphatic rings. The van der Waals surface area contributed by atoms with Crippen molar-refractivity contribution in [2.24, 2.45) is 0 Å². The van der Waals surface area contributed by atoms with Gasteiger partial charge in [0.1, 0.15) is 4.21 Å². The normalized spacial score (nSPS) is 10.7. The molecule has 0 saturated heterocycles. The molecule has 0 saturated carbocycles. The number of hydrogen-bond donors (Lipinski definition) is 3. The van der Waals surface area contributed by atoms with E-state index in [1.54, 1.807) is 0 Å². The third-order valence-electron chi connectivity index (χ3n) is 3.11. The maximum Gasteiger partial charge on any atom is 0.407 e. The highest BCUT2D eigenvalue weighted by molar-refractivity contribution is 7.92. The Morgan fingerprint density at radius 2 is 1.79 bits per heavy atom. The quantitative estimate of drug-likeness (QED) is 0.579. The molecule has 0 aliphatic heterocycles. The van der Waals surface area contributed by atoms with Gasteiger partial charge in [-0.2, -0.15) is 9.97 Å². The monoisotopic (exact) mass is 431 g/mol. The van der Waals surface area contributed by atoms with Gasteiger partial charge in [0.2, 0.25) is 17.7 Å². The predicted octanol–water partition coefficient (Wildman–Crippen LogP) is 0.922. The third kappa shape index (κ3) is 5.43. The Hall–Kier alpha value is -3.13. The zero-order valence-electron chi connectivity index (χ0n) is 15.0. The standard InChI is InChI=1S/C14H17N5O7S2/c1-24-9-6-10(25-2)17-12(16-9)18-13(20)19-28(22,23)11-8(4-5-27-11)7-15-14(21)26-3/h4-6H,7H2,1-3H3,(H,15,21)(H2,16,17,18,19,20). The van der Waals surface area contributed by atoms with Crippen LogP contribution < -0.4 is 24.8 Å². The molecule has 0 unspecified atom stereocenters. The van der Waals surface area contributed by atoms with E-state index >= 15 is 0 Å². The largest absolute Gasteiger partial charge is 0.481 e. The van der Waals surface area contributed by atoms with Crippen LogP contribution in [0, 0.1) is 0 Å². The van der Waals surface area contributed by atoms with E-state index in [2.05, 4.69) is 25.3 Å². The first-order chi connectivity index (χ1) is 13.3. The van der Waals surface area contributed by atoms with Crippen molar-refractivity contribution in [3.8, 4) is 11.8 Å². The van der Waals surface area contributed by atoms with Crippen LogP contribution >= 0.6 is 11.3 Å². The summed E-state index contributed by atoms with van der Waals surface area (Å²) in [4.78, 5) is 31.0. The molecule has 0 aliphatic carbocycles. The van der Waals surface area contributed by atoms with Crippen molar-refractivity contribution >= 4 is 39.4 Å². The minimum atomic E-state index is -4.21. The van der Waals surface area contributed by atoms with Gasteiger partial charge in [0.25, 0.3) is 10.0 Å². The number of amides is 3. The van der Waals surface area contributed by atoms with E-state index < -0.39 is 22.1 Å². The van der Waals surface area contributed by atoms with Crippen molar-refractivity contribution in [1.29, 1.82) is 0 Å². The van der Waals surface area contributed by atoms with Crippen LogP contribution in [0.4, 0.5) is 15.5 Å². The van der Waals surface area contributed by atoms with Gasteiger partial charge in [-0.05, 0) is 11.4 Å². The smallest absolute Gasteiger partial charge is 0.407 e. The van der Waals surface area contributed by atoms with Gasteiger partial charge in [-0.1, -0.05) is 0 Å². The highest BCUT2D eigenvalue weighted by atomic mass is 32.2. The minimum absolute atomic E-state index is 0.0930. The van der Waals surface area contributed by atoms with Crippen LogP contribution in [0.3, 0.4) is 0 Å². The number of aromatic nitrogens is 2. The zero-order valence-corrected chi connectivity index (χ0v) is 16.6. The number of nitrogens with one attached hydrogen (secondary N) is 3. The number of nitrogens with zero attached hydrogens (tertiary/aromatic N) is 2. The van der Waals surface area contributed by atoms with Crippen LogP contribution in [-0.2, 0) is 21.3 Å². The van der Waals surface area contributed by atoms with E-state index in [0.717, 1.165) is 11.3 Å². The van der Waals surface area contributed by atoms with Crippen LogP contribution in [0.15, 0.2) is 21.7 Å². The topological polar surface area (TPSA) is 158 Å². The van der Waals surface area contributed by atoms with Crippen molar-refractivity contribution in [1.82, 2.24) is 20.0 Å². The molecule has 2 aromatic rings. The lowest BCUT2D eigenvalue weighted by atomic mass is 10.3. The Labute approximate surface area is 164 Å². The lowest BCUT2D eigenvalue weighted by molar-refractivity contribution is 0.170. The Morgan fingerprint density at radius 3 is 2.36 bits per heavy atom. The number of rotatable bonds is 7. The first-order valence-electron chi connectivity index (χ1n) is 7.48. The number of anilines is 1. The van der Waals surface area contributed by atoms with Crippen molar-refractivity contribution in [3.63, 3.8) is 0 Å². The Kier molecular flexibility index (Phi) is 6.94. The minimum Gasteiger partial charge on any atom is -0.481 e. The third-order valence-corrected chi connectivity index (χ3v) is 6.01. The Morgan fingerprint density at radius 1 is 1.14 bits per heavy atom. The Bertz CT molecular complexity index is 938. The summed E-state index contributed by atoms with van der Waals surface area (Å²) in [5.74, 6) is 0.00142. The van der Waals surface area contributed by atoms with E-state index in [4.69, 9.17) is 9.47 Å². The molecule has 0 fully saturated rings. The number of sulfonamides is 1. The molecule has 3 N–H and O–H groups in total. The van der Waals surface area contributed by atoms with Crippen LogP contribution in [0.5, 0.6) is 11.8 Å². The fourth-order valence-electron chi connectivity index (χ4n) is 1.89. The maximum absolute atomic E-state index is 12.5. The second kappa shape index (κ2) is 9.18. The molecule has 0 radical (unpaired) electrons. The number of carbonyl (C=O) groups excluding carboxylic acids is 2. The lowest BCUT2D eigenvalue weighted by Gasteiger charge is -2.10. The van der Waals surface area contributed by atoms with Gasteiger partial charge in [0.15, 0.2) is 0 Å². The van der Waals surface area contributed by atoms with Gasteiger partial charge in [0.05, 0.1) is 27.4 Å². The molecule has 2 aromatic heterocycles. The summed E-state index contributed by atoms with van der Waals surface area (Å²) in [5.41, 5.74) is 0.287. The molecule has 3 amide bonds. The van der Waals surface area contributed by atoms with E-state index in [1.807, 2.05) is 4.72 Å². The summed E-state index contributed by atoms with van der Waals surface area (Å²) in [7, 11) is -0.308. The van der Waals surface area contributed by atoms with Crippen LogP contribution in [0.2, 0.25) is 0 Å². The average Bonchev–Trinajstić information content (AvgIpc) is 3.14. The number of thiophene rings is 1. The van der Waals surface area contributed by atoms with E-state index in [1.165, 1.54) is 38.8 Å². The lowest BCUT2D eigenvalue weighted by Crippen LogP contribution is -2.35. The number of urea groups is 1. The molecule has 28 heavy (non-hydrogen) atoms. The SMILES string of the molecule is COC(=O)NCc1ccsc1S(=O)(=O)NC(=O)Nc1nc(OC)cc(OC)n1. The van der Waals surface area contributed by atoms with Crippen LogP contribution in [0.1, 0.15) is 5.56 Å². The van der Waals surface area contributed by atoms with Crippen molar-refractivity contribution in [2.75, 3.05) is 26.6 Å². The summed E-state index contributed by atoms with van der Waals surface area (Å²) in [6.07, 6.45) is -0.718. The maximum atomic E-state index is 12.5. The first kappa shape index (κ1) is 21.2. The number of carbonyl (C=O) groups is 2. The molecule has 152 valence electrons. The van der Waals surface area contributed by atoms with E-state index in [9.17, 15) is 18.0 Å². The fourth-order valence-corrected chi connectivity index (χ4v) is 4.21. The van der Waals surface area contributed by atoms with Crippen molar-refractivity contribution < 1.29 is 32.2 Å². The van der Waals surface area contributed by atoms with Gasteiger partial charge >= 0.3 is 12.1 Å². The number of alkyl carbamates (subject to hydrolysis) is 1. The summed E-state index contributed by atoms with van der Waals surface area (Å²) in [6, 6.07) is 1.80. The molecule has 0 aromatic carbocycles. The number of hydrogen-bond acceptors (Lipinski definition) is 10. The second-order valence-corrected chi connectivity index (χ2v) is 7.71. The van der Waals surface area contributed by atoms with Crippen LogP contribution in [0.25, 0.3) is 0 Å². The van der Waals surface area contributed by atoms with Crippen molar-refractivity contribution in [2.45, 2.75) is 10.8 Å². The summed E-state index contributed by atoms with van der Waals surface area (Å²) in [5, 5.41) is 6.07. The van der Waals surface area contributed by atoms with Gasteiger partial charge in [-0.25, -0.2) is 22.7 Å². The van der Waals surface area contributed by atoms with E-state index in [-0.39, 0.29) is 34.0 Å². The molecule has 0 bridgehead atoms. The highest BCUT2D eigenvalue weighted by Gasteiger charge is 2.23. The summed E-state index contributed by atoms with van der Waals surface area (Å²) in [6.45, 7) is -0.0930. The number of methoxy groups -OCH3 is 3. The molecule has 0 spiro atoms. The molecule has 0 atom stereocenters. The van der Waals surface area contributed by atoms with Gasteiger partial charge in [-0.3, -0.25) is 5.32 Å². The molecular weight excluding hydrogens is 414 g/mol. The predicted molar refractivity (Wildman–Crippen MR) is 98.0 cm³/mol. The Balaban J connectivity index is 2.11. The second-order valence-electron chi connectivity index (χ2n) is 4.91. The summed E-state index contributed by atoms with van der Waals surface area (Å²) < 4.78 is 41.0. The van der Waals surface area contributed by atoms with Gasteiger partial charge in [0, 0.05) is 12.1 Å². The molecular formula is C14H17N5O7S2. The molecule has 12 nitrogen and oxygen atoms in total. The zero-order chi connectivity index (χ0) is 20.7. The van der Waals surface area contributed by atoms with Crippen LogP contribution in [-0.4, -0.2) is 51.8 Å². The number of ether oxygens (including phenoxy) is 3.